The number of nitro benzene ring substituents is 1. The van der Waals surface area contributed by atoms with E-state index in [1.165, 1.54) is 38.1 Å². The van der Waals surface area contributed by atoms with Gasteiger partial charge in [0.25, 0.3) is 5.69 Å². The van der Waals surface area contributed by atoms with Crippen molar-refractivity contribution in [2.75, 3.05) is 31.5 Å². The monoisotopic (exact) mass is 288 g/mol. The fourth-order valence-electron chi connectivity index (χ4n) is 2.65. The van der Waals surface area contributed by atoms with Crippen molar-refractivity contribution in [2.45, 2.75) is 19.8 Å². The van der Waals surface area contributed by atoms with Gasteiger partial charge in [-0.25, -0.2) is 0 Å². The molecule has 0 aromatic heterocycles. The highest BCUT2D eigenvalue weighted by molar-refractivity contribution is 5.59. The molecule has 0 bridgehead atoms. The topological polar surface area (TPSA) is 82.2 Å². The predicted octanol–water partition coefficient (Wildman–Crippen LogP) is 2.61. The minimum atomic E-state index is -0.516. The number of nitrogens with one attached hydrogen (secondary N) is 1. The molecular formula is C15H20N4O2. The van der Waals surface area contributed by atoms with Gasteiger partial charge in [0, 0.05) is 24.8 Å². The van der Waals surface area contributed by atoms with E-state index in [2.05, 4.69) is 17.1 Å². The van der Waals surface area contributed by atoms with Crippen molar-refractivity contribution in [1.82, 2.24) is 4.90 Å². The largest absolute Gasteiger partial charge is 0.385 e. The summed E-state index contributed by atoms with van der Waals surface area (Å²) in [6.45, 7) is 6.33. The van der Waals surface area contributed by atoms with Gasteiger partial charge >= 0.3 is 0 Å². The van der Waals surface area contributed by atoms with Crippen molar-refractivity contribution in [1.29, 1.82) is 5.26 Å². The molecule has 1 aromatic carbocycles. The molecule has 1 aliphatic rings. The maximum atomic E-state index is 10.9. The summed E-state index contributed by atoms with van der Waals surface area (Å²) in [6, 6.07) is 6.48. The first kappa shape index (κ1) is 15.3. The van der Waals surface area contributed by atoms with Crippen LogP contribution in [0.5, 0.6) is 0 Å². The van der Waals surface area contributed by atoms with E-state index in [0.717, 1.165) is 13.1 Å². The second-order valence-electron chi connectivity index (χ2n) is 5.59. The standard InChI is InChI=1S/C15H20N4O2/c1-12(11-18-6-2-3-7-18)10-17-14-5-4-13(9-16)15(8-14)19(20)21/h4-5,8,12,17H,2-3,6-7,10-11H2,1H3. The Morgan fingerprint density at radius 1 is 1.48 bits per heavy atom. The summed E-state index contributed by atoms with van der Waals surface area (Å²) >= 11 is 0. The molecule has 6 nitrogen and oxygen atoms in total. The van der Waals surface area contributed by atoms with Crippen LogP contribution >= 0.6 is 0 Å². The molecule has 1 heterocycles. The van der Waals surface area contributed by atoms with E-state index in [1.54, 1.807) is 6.07 Å². The highest BCUT2D eigenvalue weighted by Gasteiger charge is 2.16. The van der Waals surface area contributed by atoms with Gasteiger partial charge < -0.3 is 10.2 Å². The Bertz CT molecular complexity index is 547. The van der Waals surface area contributed by atoms with E-state index < -0.39 is 4.92 Å². The molecule has 0 radical (unpaired) electrons. The fourth-order valence-corrected chi connectivity index (χ4v) is 2.65. The van der Waals surface area contributed by atoms with E-state index in [1.807, 2.05) is 6.07 Å². The number of nitriles is 1. The second kappa shape index (κ2) is 7.04. The molecular weight excluding hydrogens is 268 g/mol. The lowest BCUT2D eigenvalue weighted by Crippen LogP contribution is -2.28. The third-order valence-electron chi connectivity index (χ3n) is 3.74. The van der Waals surface area contributed by atoms with E-state index in [-0.39, 0.29) is 11.3 Å². The molecule has 0 amide bonds. The van der Waals surface area contributed by atoms with Crippen LogP contribution in [0, 0.1) is 27.4 Å². The first-order valence-corrected chi connectivity index (χ1v) is 7.25. The summed E-state index contributed by atoms with van der Waals surface area (Å²) in [5, 5.41) is 23.0. The smallest absolute Gasteiger partial charge is 0.289 e. The Balaban J connectivity index is 1.92. The molecule has 2 rings (SSSR count). The van der Waals surface area contributed by atoms with Gasteiger partial charge in [-0.2, -0.15) is 5.26 Å². The Kier molecular flexibility index (Phi) is 5.12. The van der Waals surface area contributed by atoms with Gasteiger partial charge in [0.2, 0.25) is 0 Å². The average molecular weight is 288 g/mol. The van der Waals surface area contributed by atoms with Crippen molar-refractivity contribution in [3.63, 3.8) is 0 Å². The number of hydrogen-bond donors (Lipinski definition) is 1. The normalized spacial score (nSPS) is 16.4. The zero-order valence-corrected chi connectivity index (χ0v) is 12.2. The Hall–Kier alpha value is -2.13. The molecule has 1 N–H and O–H groups in total. The van der Waals surface area contributed by atoms with Crippen molar-refractivity contribution in [3.8, 4) is 6.07 Å². The van der Waals surface area contributed by atoms with Crippen LogP contribution in [0.15, 0.2) is 18.2 Å². The Labute approximate surface area is 124 Å². The van der Waals surface area contributed by atoms with E-state index in [0.29, 0.717) is 11.6 Å². The van der Waals surface area contributed by atoms with Crippen molar-refractivity contribution >= 4 is 11.4 Å². The van der Waals surface area contributed by atoms with Crippen molar-refractivity contribution < 1.29 is 4.92 Å². The Morgan fingerprint density at radius 2 is 2.19 bits per heavy atom. The van der Waals surface area contributed by atoms with Crippen LogP contribution < -0.4 is 5.32 Å². The summed E-state index contributed by atoms with van der Waals surface area (Å²) < 4.78 is 0. The molecule has 21 heavy (non-hydrogen) atoms. The SMILES string of the molecule is CC(CNc1ccc(C#N)c([N+](=O)[O-])c1)CN1CCCC1. The first-order chi connectivity index (χ1) is 10.1. The lowest BCUT2D eigenvalue weighted by molar-refractivity contribution is -0.385. The van der Waals surface area contributed by atoms with E-state index in [9.17, 15) is 10.1 Å². The molecule has 112 valence electrons. The van der Waals surface area contributed by atoms with Gasteiger partial charge in [-0.3, -0.25) is 10.1 Å². The predicted molar refractivity (Wildman–Crippen MR) is 81.1 cm³/mol. The van der Waals surface area contributed by atoms with Crippen LogP contribution in [0.3, 0.4) is 0 Å². The summed E-state index contributed by atoms with van der Waals surface area (Å²) in [7, 11) is 0. The minimum absolute atomic E-state index is 0.0932. The number of rotatable bonds is 6. The van der Waals surface area contributed by atoms with Crippen LogP contribution in [0.1, 0.15) is 25.3 Å². The summed E-state index contributed by atoms with van der Waals surface area (Å²) in [5.74, 6) is 0.470. The van der Waals surface area contributed by atoms with Crippen LogP contribution in [-0.4, -0.2) is 36.0 Å². The highest BCUT2D eigenvalue weighted by Crippen LogP contribution is 2.22. The lowest BCUT2D eigenvalue weighted by atomic mass is 10.1. The molecule has 0 spiro atoms. The number of hydrogen-bond acceptors (Lipinski definition) is 5. The molecule has 1 saturated heterocycles. The van der Waals surface area contributed by atoms with Crippen molar-refractivity contribution in [3.05, 3.63) is 33.9 Å². The van der Waals surface area contributed by atoms with Crippen LogP contribution in [0.4, 0.5) is 11.4 Å². The third-order valence-corrected chi connectivity index (χ3v) is 3.74. The first-order valence-electron chi connectivity index (χ1n) is 7.25. The quantitative estimate of drug-likeness (QED) is 0.642. The zero-order chi connectivity index (χ0) is 15.2. The van der Waals surface area contributed by atoms with E-state index in [4.69, 9.17) is 5.26 Å². The fraction of sp³-hybridized carbons (Fsp3) is 0.533. The molecule has 1 unspecified atom stereocenters. The molecule has 6 heteroatoms. The molecule has 1 aromatic rings. The maximum absolute atomic E-state index is 10.9. The van der Waals surface area contributed by atoms with Crippen molar-refractivity contribution in [2.24, 2.45) is 5.92 Å². The lowest BCUT2D eigenvalue weighted by Gasteiger charge is -2.20. The number of nitro groups is 1. The highest BCUT2D eigenvalue weighted by atomic mass is 16.6. The molecule has 1 atom stereocenters. The molecule has 0 aliphatic carbocycles. The number of likely N-dealkylation sites (tertiary alicyclic amines) is 1. The maximum Gasteiger partial charge on any atom is 0.289 e. The van der Waals surface area contributed by atoms with Gasteiger partial charge in [-0.15, -0.1) is 0 Å². The van der Waals surface area contributed by atoms with Gasteiger partial charge in [0.15, 0.2) is 0 Å². The van der Waals surface area contributed by atoms with Crippen LogP contribution in [0.25, 0.3) is 0 Å². The van der Waals surface area contributed by atoms with Gasteiger partial charge in [0.1, 0.15) is 11.6 Å². The number of benzene rings is 1. The minimum Gasteiger partial charge on any atom is -0.385 e. The van der Waals surface area contributed by atoms with E-state index >= 15 is 0 Å². The van der Waals surface area contributed by atoms with Gasteiger partial charge in [0.05, 0.1) is 4.92 Å². The number of nitrogens with zero attached hydrogens (tertiary/aromatic N) is 3. The molecule has 1 fully saturated rings. The average Bonchev–Trinajstić information content (AvgIpc) is 2.97. The number of anilines is 1. The summed E-state index contributed by atoms with van der Waals surface area (Å²) in [6.07, 6.45) is 2.56. The molecule has 0 saturated carbocycles. The van der Waals surface area contributed by atoms with Crippen LogP contribution in [0.2, 0.25) is 0 Å². The summed E-state index contributed by atoms with van der Waals surface area (Å²) in [4.78, 5) is 12.9. The third kappa shape index (κ3) is 4.17. The summed E-state index contributed by atoms with van der Waals surface area (Å²) in [5.41, 5.74) is 0.638. The van der Waals surface area contributed by atoms with Gasteiger partial charge in [-0.1, -0.05) is 6.92 Å². The van der Waals surface area contributed by atoms with Crippen LogP contribution in [-0.2, 0) is 0 Å². The zero-order valence-electron chi connectivity index (χ0n) is 12.2. The molecule has 1 aliphatic heterocycles. The second-order valence-corrected chi connectivity index (χ2v) is 5.59. The Morgan fingerprint density at radius 3 is 2.81 bits per heavy atom. The van der Waals surface area contributed by atoms with Gasteiger partial charge in [-0.05, 0) is 44.0 Å².